The molecule has 0 aliphatic rings. The Labute approximate surface area is 97.4 Å². The number of ether oxygens (including phenoxy) is 1. The molecule has 3 nitrogen and oxygen atoms in total. The molecule has 0 fully saturated rings. The third-order valence-electron chi connectivity index (χ3n) is 2.90. The van der Waals surface area contributed by atoms with Crippen molar-refractivity contribution in [2.75, 3.05) is 20.3 Å². The number of hydrogen-bond acceptors (Lipinski definition) is 3. The molecule has 0 saturated carbocycles. The summed E-state index contributed by atoms with van der Waals surface area (Å²) in [4.78, 5) is 0. The average Bonchev–Trinajstić information content (AvgIpc) is 2.31. The van der Waals surface area contributed by atoms with Crippen LogP contribution in [0.5, 0.6) is 5.75 Å². The Morgan fingerprint density at radius 3 is 2.44 bits per heavy atom. The number of aryl methyl sites for hydroxylation is 1. The quantitative estimate of drug-likeness (QED) is 0.772. The third-order valence-corrected chi connectivity index (χ3v) is 2.90. The lowest BCUT2D eigenvalue weighted by Gasteiger charge is -2.26. The van der Waals surface area contributed by atoms with E-state index in [1.807, 2.05) is 45.2 Å². The van der Waals surface area contributed by atoms with Gasteiger partial charge < -0.3 is 15.2 Å². The Morgan fingerprint density at radius 1 is 1.31 bits per heavy atom. The zero-order valence-corrected chi connectivity index (χ0v) is 10.3. The Bertz CT molecular complexity index is 304. The molecule has 3 heteroatoms. The van der Waals surface area contributed by atoms with Crippen LogP contribution in [-0.4, -0.2) is 30.9 Å². The second-order valence-electron chi connectivity index (χ2n) is 4.38. The van der Waals surface area contributed by atoms with E-state index in [9.17, 15) is 5.11 Å². The molecule has 1 unspecified atom stereocenters. The number of nitrogens with one attached hydrogen (secondary N) is 1. The molecule has 16 heavy (non-hydrogen) atoms. The van der Waals surface area contributed by atoms with E-state index in [2.05, 4.69) is 5.32 Å². The van der Waals surface area contributed by atoms with Crippen LogP contribution >= 0.6 is 0 Å². The van der Waals surface area contributed by atoms with Crippen LogP contribution in [0.1, 0.15) is 18.9 Å². The van der Waals surface area contributed by atoms with Gasteiger partial charge in [0.25, 0.3) is 0 Å². The number of hydrogen-bond donors (Lipinski definition) is 2. The van der Waals surface area contributed by atoms with E-state index in [1.54, 1.807) is 0 Å². The average molecular weight is 223 g/mol. The van der Waals surface area contributed by atoms with E-state index in [0.717, 1.165) is 12.2 Å². The van der Waals surface area contributed by atoms with Gasteiger partial charge in [0, 0.05) is 12.0 Å². The first-order chi connectivity index (χ1) is 7.59. The minimum atomic E-state index is -0.259. The summed E-state index contributed by atoms with van der Waals surface area (Å²) in [7, 11) is 1.85. The van der Waals surface area contributed by atoms with Crippen LogP contribution in [0.25, 0.3) is 0 Å². The SMILES string of the molecule is CNC(C)(CO)CCOc1ccc(C)cc1. The first-order valence-corrected chi connectivity index (χ1v) is 5.59. The fourth-order valence-corrected chi connectivity index (χ4v) is 1.31. The van der Waals surface area contributed by atoms with Crippen LogP contribution in [0.4, 0.5) is 0 Å². The predicted octanol–water partition coefficient (Wildman–Crippen LogP) is 1.73. The molecule has 0 spiro atoms. The molecule has 0 aromatic heterocycles. The van der Waals surface area contributed by atoms with Gasteiger partial charge in [-0.3, -0.25) is 0 Å². The van der Waals surface area contributed by atoms with Gasteiger partial charge in [-0.2, -0.15) is 0 Å². The second-order valence-corrected chi connectivity index (χ2v) is 4.38. The second kappa shape index (κ2) is 5.87. The number of aliphatic hydroxyl groups is 1. The van der Waals surface area contributed by atoms with Crippen molar-refractivity contribution >= 4 is 0 Å². The zero-order valence-electron chi connectivity index (χ0n) is 10.3. The lowest BCUT2D eigenvalue weighted by molar-refractivity contribution is 0.151. The zero-order chi connectivity index (χ0) is 12.0. The van der Waals surface area contributed by atoms with Crippen molar-refractivity contribution in [2.24, 2.45) is 0 Å². The van der Waals surface area contributed by atoms with Gasteiger partial charge in [0.2, 0.25) is 0 Å². The molecule has 0 heterocycles. The minimum Gasteiger partial charge on any atom is -0.494 e. The molecule has 0 saturated heterocycles. The molecule has 0 radical (unpaired) electrons. The summed E-state index contributed by atoms with van der Waals surface area (Å²) < 4.78 is 5.61. The molecule has 0 aliphatic heterocycles. The fourth-order valence-electron chi connectivity index (χ4n) is 1.31. The van der Waals surface area contributed by atoms with Crippen LogP contribution in [0.15, 0.2) is 24.3 Å². The van der Waals surface area contributed by atoms with Crippen LogP contribution in [-0.2, 0) is 0 Å². The molecule has 1 atom stereocenters. The molecular formula is C13H21NO2. The highest BCUT2D eigenvalue weighted by Gasteiger charge is 2.20. The van der Waals surface area contributed by atoms with E-state index in [-0.39, 0.29) is 12.1 Å². The Balaban J connectivity index is 2.38. The largest absolute Gasteiger partial charge is 0.494 e. The summed E-state index contributed by atoms with van der Waals surface area (Å²) in [6.07, 6.45) is 0.772. The van der Waals surface area contributed by atoms with E-state index in [1.165, 1.54) is 5.56 Å². The van der Waals surface area contributed by atoms with E-state index in [0.29, 0.717) is 6.61 Å². The highest BCUT2D eigenvalue weighted by atomic mass is 16.5. The lowest BCUT2D eigenvalue weighted by Crippen LogP contribution is -2.44. The van der Waals surface area contributed by atoms with Gasteiger partial charge in [0.05, 0.1) is 13.2 Å². The van der Waals surface area contributed by atoms with Gasteiger partial charge in [-0.15, -0.1) is 0 Å². The van der Waals surface area contributed by atoms with Crippen molar-refractivity contribution in [2.45, 2.75) is 25.8 Å². The van der Waals surface area contributed by atoms with Gasteiger partial charge in [0.15, 0.2) is 0 Å². The van der Waals surface area contributed by atoms with Crippen LogP contribution in [0.3, 0.4) is 0 Å². The van der Waals surface area contributed by atoms with Gasteiger partial charge >= 0.3 is 0 Å². The summed E-state index contributed by atoms with van der Waals surface area (Å²) in [5.74, 6) is 0.877. The van der Waals surface area contributed by atoms with Gasteiger partial charge in [-0.1, -0.05) is 17.7 Å². The molecule has 2 N–H and O–H groups in total. The Kier molecular flexibility index (Phi) is 4.77. The van der Waals surface area contributed by atoms with E-state index >= 15 is 0 Å². The van der Waals surface area contributed by atoms with Crippen LogP contribution in [0, 0.1) is 6.92 Å². The van der Waals surface area contributed by atoms with Crippen molar-refractivity contribution in [1.82, 2.24) is 5.32 Å². The molecule has 0 bridgehead atoms. The van der Waals surface area contributed by atoms with Crippen molar-refractivity contribution in [3.8, 4) is 5.75 Å². The predicted molar refractivity (Wildman–Crippen MR) is 65.8 cm³/mol. The maximum Gasteiger partial charge on any atom is 0.119 e. The van der Waals surface area contributed by atoms with Crippen molar-refractivity contribution in [3.05, 3.63) is 29.8 Å². The van der Waals surface area contributed by atoms with Gasteiger partial charge in [-0.25, -0.2) is 0 Å². The standard InChI is InChI=1S/C13H21NO2/c1-11-4-6-12(7-5-11)16-9-8-13(2,10-15)14-3/h4-7,14-15H,8-10H2,1-3H3. The topological polar surface area (TPSA) is 41.5 Å². The van der Waals surface area contributed by atoms with Gasteiger partial charge in [0.1, 0.15) is 5.75 Å². The highest BCUT2D eigenvalue weighted by Crippen LogP contribution is 2.14. The maximum atomic E-state index is 9.20. The summed E-state index contributed by atoms with van der Waals surface area (Å²) in [6.45, 7) is 4.74. The molecule has 90 valence electrons. The van der Waals surface area contributed by atoms with Crippen molar-refractivity contribution in [3.63, 3.8) is 0 Å². The molecule has 1 aromatic carbocycles. The van der Waals surface area contributed by atoms with E-state index in [4.69, 9.17) is 4.74 Å². The molecule has 0 amide bonds. The van der Waals surface area contributed by atoms with Crippen LogP contribution < -0.4 is 10.1 Å². The first-order valence-electron chi connectivity index (χ1n) is 5.59. The number of benzene rings is 1. The lowest BCUT2D eigenvalue weighted by atomic mass is 10.0. The summed E-state index contributed by atoms with van der Waals surface area (Å²) in [5.41, 5.74) is 0.966. The molecule has 0 aliphatic carbocycles. The molecule has 1 aromatic rings. The molecule has 1 rings (SSSR count). The number of likely N-dealkylation sites (N-methyl/N-ethyl adjacent to an activating group) is 1. The van der Waals surface area contributed by atoms with Crippen molar-refractivity contribution < 1.29 is 9.84 Å². The summed E-state index contributed by atoms with van der Waals surface area (Å²) in [5, 5.41) is 12.3. The smallest absolute Gasteiger partial charge is 0.119 e. The fraction of sp³-hybridized carbons (Fsp3) is 0.538. The highest BCUT2D eigenvalue weighted by molar-refractivity contribution is 5.26. The summed E-state index contributed by atoms with van der Waals surface area (Å²) >= 11 is 0. The molecular weight excluding hydrogens is 202 g/mol. The third kappa shape index (κ3) is 3.83. The Hall–Kier alpha value is -1.06. The number of rotatable bonds is 6. The maximum absolute atomic E-state index is 9.20. The first kappa shape index (κ1) is 13.0. The van der Waals surface area contributed by atoms with Crippen LogP contribution in [0.2, 0.25) is 0 Å². The minimum absolute atomic E-state index is 0.112. The monoisotopic (exact) mass is 223 g/mol. The normalized spacial score (nSPS) is 14.5. The summed E-state index contributed by atoms with van der Waals surface area (Å²) in [6, 6.07) is 7.98. The van der Waals surface area contributed by atoms with Crippen molar-refractivity contribution in [1.29, 1.82) is 0 Å². The Morgan fingerprint density at radius 2 is 1.94 bits per heavy atom. The van der Waals surface area contributed by atoms with Gasteiger partial charge in [-0.05, 0) is 33.0 Å². The number of aliphatic hydroxyl groups excluding tert-OH is 1. The van der Waals surface area contributed by atoms with E-state index < -0.39 is 0 Å².